The lowest BCUT2D eigenvalue weighted by Gasteiger charge is -2.23. The lowest BCUT2D eigenvalue weighted by Crippen LogP contribution is -2.13. The normalized spacial score (nSPS) is 12.6. The van der Waals surface area contributed by atoms with Crippen molar-refractivity contribution >= 4 is 76.8 Å². The van der Waals surface area contributed by atoms with E-state index in [0.717, 1.165) is 77.4 Å². The first-order chi connectivity index (χ1) is 22.9. The number of aromatic nitrogens is 5. The molecule has 0 saturated heterocycles. The molecule has 224 valence electrons. The third-order valence-corrected chi connectivity index (χ3v) is 9.47. The van der Waals surface area contributed by atoms with Crippen molar-refractivity contribution in [2.45, 2.75) is 26.2 Å². The molecule has 6 nitrogen and oxygen atoms in total. The Bertz CT molecular complexity index is 2930. The molecule has 0 amide bonds. The van der Waals surface area contributed by atoms with Crippen LogP contribution in [0.5, 0.6) is 11.5 Å². The molecule has 0 spiro atoms. The maximum Gasteiger partial charge on any atom is 0.147 e. The average molecular weight is 608 g/mol. The largest absolute Gasteiger partial charge is 0.457 e. The Labute approximate surface area is 269 Å². The fraction of sp³-hybridized carbons (Fsp3) is 0.0976. The summed E-state index contributed by atoms with van der Waals surface area (Å²) in [4.78, 5) is 15.0. The molecule has 6 heteroatoms. The lowest BCUT2D eigenvalue weighted by molar-refractivity contribution is 0.484. The summed E-state index contributed by atoms with van der Waals surface area (Å²) in [6, 6.07) is 40.0. The van der Waals surface area contributed by atoms with E-state index < -0.39 is 0 Å². The van der Waals surface area contributed by atoms with E-state index in [1.165, 1.54) is 16.5 Å². The maximum atomic E-state index is 6.65. The molecule has 5 heterocycles. The van der Waals surface area contributed by atoms with E-state index in [9.17, 15) is 0 Å². The number of pyridine rings is 3. The number of benzene rings is 5. The molecule has 0 atom stereocenters. The third kappa shape index (κ3) is 3.69. The van der Waals surface area contributed by atoms with Crippen molar-refractivity contribution in [1.82, 2.24) is 23.8 Å². The molecule has 10 aromatic rings. The second-order valence-corrected chi connectivity index (χ2v) is 13.4. The summed E-state index contributed by atoms with van der Waals surface area (Å²) in [5, 5.41) is 6.60. The van der Waals surface area contributed by atoms with Gasteiger partial charge in [0.05, 0.1) is 27.6 Å². The van der Waals surface area contributed by atoms with Crippen molar-refractivity contribution in [3.63, 3.8) is 0 Å². The first kappa shape index (κ1) is 26.2. The maximum absolute atomic E-state index is 6.65. The zero-order valence-electron chi connectivity index (χ0n) is 26.2. The van der Waals surface area contributed by atoms with Crippen LogP contribution in [0, 0.1) is 0 Å². The smallest absolute Gasteiger partial charge is 0.147 e. The lowest BCUT2D eigenvalue weighted by atomic mass is 9.84. The summed E-state index contributed by atoms with van der Waals surface area (Å²) in [6.07, 6.45) is 1.84. The number of fused-ring (bicyclic) bond motifs is 16. The van der Waals surface area contributed by atoms with Gasteiger partial charge < -0.3 is 4.74 Å². The van der Waals surface area contributed by atoms with Crippen LogP contribution >= 0.6 is 0 Å². The van der Waals surface area contributed by atoms with Crippen LogP contribution in [0.25, 0.3) is 76.8 Å². The second-order valence-electron chi connectivity index (χ2n) is 13.4. The van der Waals surface area contributed by atoms with Crippen LogP contribution in [0.3, 0.4) is 0 Å². The van der Waals surface area contributed by atoms with Crippen LogP contribution < -0.4 is 4.74 Å². The minimum atomic E-state index is -0.0435. The first-order valence-corrected chi connectivity index (χ1v) is 16.0. The molecule has 0 aliphatic carbocycles. The van der Waals surface area contributed by atoms with Crippen LogP contribution in [0.1, 0.15) is 26.3 Å². The minimum Gasteiger partial charge on any atom is -0.457 e. The van der Waals surface area contributed by atoms with Crippen LogP contribution in [0.2, 0.25) is 0 Å². The molecule has 5 aromatic heterocycles. The Balaban J connectivity index is 1.21. The highest BCUT2D eigenvalue weighted by molar-refractivity contribution is 6.15. The molecule has 0 bridgehead atoms. The molecule has 0 aliphatic rings. The van der Waals surface area contributed by atoms with Crippen molar-refractivity contribution in [2.24, 2.45) is 0 Å². The molecule has 0 saturated carbocycles. The molecule has 0 aliphatic heterocycles. The van der Waals surface area contributed by atoms with E-state index in [1.807, 2.05) is 36.5 Å². The van der Waals surface area contributed by atoms with Crippen LogP contribution in [0.4, 0.5) is 0 Å². The third-order valence-electron chi connectivity index (χ3n) is 9.47. The Morgan fingerprint density at radius 3 is 1.79 bits per heavy atom. The quantitative estimate of drug-likeness (QED) is 0.184. The van der Waals surface area contributed by atoms with Gasteiger partial charge in [0.15, 0.2) is 0 Å². The summed E-state index contributed by atoms with van der Waals surface area (Å²) in [6.45, 7) is 6.82. The van der Waals surface area contributed by atoms with E-state index in [4.69, 9.17) is 19.7 Å². The number of rotatable bonds is 2. The zero-order chi connectivity index (χ0) is 31.4. The average Bonchev–Trinajstić information content (AvgIpc) is 3.68. The molecule has 0 N–H and O–H groups in total. The van der Waals surface area contributed by atoms with Crippen LogP contribution in [-0.2, 0) is 5.41 Å². The van der Waals surface area contributed by atoms with Gasteiger partial charge in [-0.2, -0.15) is 0 Å². The van der Waals surface area contributed by atoms with Crippen molar-refractivity contribution in [1.29, 1.82) is 0 Å². The second kappa shape index (κ2) is 9.27. The highest BCUT2D eigenvalue weighted by Gasteiger charge is 2.23. The summed E-state index contributed by atoms with van der Waals surface area (Å²) in [5.74, 6) is 1.50. The van der Waals surface area contributed by atoms with Gasteiger partial charge >= 0.3 is 0 Å². The highest BCUT2D eigenvalue weighted by atomic mass is 16.5. The fourth-order valence-corrected chi connectivity index (χ4v) is 7.40. The molecule has 0 fully saturated rings. The molecule has 47 heavy (non-hydrogen) atoms. The standard InChI is InChI=1S/C41H29N5O/c1-41(2,3)32-12-8-10-28-26-19-17-24(22-30(26)39-43-33-13-4-6-15-35(33)45(39)37(28)32)47-25-18-20-27-29-11-9-21-42-38(29)46-36-16-7-5-14-34(36)44-40(46)31(27)23-25/h4-23H,1-3H3. The number of nitrogens with zero attached hydrogens (tertiary/aromatic N) is 5. The Kier molecular flexibility index (Phi) is 5.17. The van der Waals surface area contributed by atoms with Gasteiger partial charge in [0.2, 0.25) is 0 Å². The number of para-hydroxylation sites is 5. The Morgan fingerprint density at radius 2 is 1.11 bits per heavy atom. The zero-order valence-corrected chi connectivity index (χ0v) is 26.2. The summed E-state index contributed by atoms with van der Waals surface area (Å²) >= 11 is 0. The number of hydrogen-bond donors (Lipinski definition) is 0. The first-order valence-electron chi connectivity index (χ1n) is 16.0. The molecule has 5 aromatic carbocycles. The molecule has 10 rings (SSSR count). The number of ether oxygens (including phenoxy) is 1. The van der Waals surface area contributed by atoms with Crippen molar-refractivity contribution < 1.29 is 4.74 Å². The monoisotopic (exact) mass is 607 g/mol. The van der Waals surface area contributed by atoms with E-state index in [1.54, 1.807) is 0 Å². The predicted octanol–water partition coefficient (Wildman–Crippen LogP) is 10.4. The van der Waals surface area contributed by atoms with Crippen LogP contribution in [0.15, 0.2) is 121 Å². The van der Waals surface area contributed by atoms with Gasteiger partial charge in [0.1, 0.15) is 28.4 Å². The van der Waals surface area contributed by atoms with Gasteiger partial charge in [-0.25, -0.2) is 15.0 Å². The van der Waals surface area contributed by atoms with E-state index in [0.29, 0.717) is 0 Å². The predicted molar refractivity (Wildman–Crippen MR) is 192 cm³/mol. The molecule has 0 unspecified atom stereocenters. The Morgan fingerprint density at radius 1 is 0.511 bits per heavy atom. The summed E-state index contributed by atoms with van der Waals surface area (Å²) < 4.78 is 11.1. The molecular weight excluding hydrogens is 578 g/mol. The summed E-state index contributed by atoms with van der Waals surface area (Å²) in [5.41, 5.74) is 9.19. The summed E-state index contributed by atoms with van der Waals surface area (Å²) in [7, 11) is 0. The van der Waals surface area contributed by atoms with Gasteiger partial charge in [0, 0.05) is 27.7 Å². The Hall–Kier alpha value is -6.01. The number of imidazole rings is 2. The van der Waals surface area contributed by atoms with Crippen molar-refractivity contribution in [3.05, 3.63) is 127 Å². The highest BCUT2D eigenvalue weighted by Crippen LogP contribution is 2.40. The minimum absolute atomic E-state index is 0.0435. The number of hydrogen-bond acceptors (Lipinski definition) is 4. The van der Waals surface area contributed by atoms with Crippen LogP contribution in [-0.4, -0.2) is 23.8 Å². The van der Waals surface area contributed by atoms with Crippen molar-refractivity contribution in [3.8, 4) is 11.5 Å². The SMILES string of the molecule is CC(C)(C)c1cccc2c3ccc(Oc4ccc5c6cccnc6n6c7ccccc7nc6c5c4)cc3c3nc4ccccc4n3c12. The van der Waals surface area contributed by atoms with E-state index >= 15 is 0 Å². The topological polar surface area (TPSA) is 56.7 Å². The molecular formula is C41H29N5O. The van der Waals surface area contributed by atoms with E-state index in [2.05, 4.69) is 115 Å². The van der Waals surface area contributed by atoms with Crippen molar-refractivity contribution in [2.75, 3.05) is 0 Å². The molecule has 0 radical (unpaired) electrons. The van der Waals surface area contributed by atoms with Gasteiger partial charge in [-0.05, 0) is 94.5 Å². The van der Waals surface area contributed by atoms with E-state index in [-0.39, 0.29) is 5.41 Å². The fourth-order valence-electron chi connectivity index (χ4n) is 7.40. The van der Waals surface area contributed by atoms with Gasteiger partial charge in [0.25, 0.3) is 0 Å². The van der Waals surface area contributed by atoms with Gasteiger partial charge in [-0.15, -0.1) is 0 Å². The van der Waals surface area contributed by atoms with Gasteiger partial charge in [-0.1, -0.05) is 63.2 Å². The van der Waals surface area contributed by atoms with Gasteiger partial charge in [-0.3, -0.25) is 8.80 Å².